The largest absolute Gasteiger partial charge is 0.278 e. The molecule has 2 heterocycles. The highest BCUT2D eigenvalue weighted by Gasteiger charge is 2.11. The van der Waals surface area contributed by atoms with Gasteiger partial charge in [-0.3, -0.25) is 4.79 Å². The number of aromatic amines is 1. The fraction of sp³-hybridized carbons (Fsp3) is 0. The van der Waals surface area contributed by atoms with Gasteiger partial charge in [-0.15, -0.1) is 0 Å². The van der Waals surface area contributed by atoms with Crippen molar-refractivity contribution >= 4 is 17.9 Å². The summed E-state index contributed by atoms with van der Waals surface area (Å²) in [5.41, 5.74) is 0.851. The lowest BCUT2D eigenvalue weighted by Gasteiger charge is -1.98. The van der Waals surface area contributed by atoms with Crippen LogP contribution in [0.1, 0.15) is 16.8 Å². The van der Waals surface area contributed by atoms with Crippen molar-refractivity contribution in [1.29, 1.82) is 5.26 Å². The van der Waals surface area contributed by atoms with Crippen molar-refractivity contribution in [2.45, 2.75) is 0 Å². The molecular formula is C14H9N5O. The van der Waals surface area contributed by atoms with Gasteiger partial charge in [0.05, 0.1) is 5.69 Å². The highest BCUT2D eigenvalue weighted by Crippen LogP contribution is 2.08. The molecule has 0 aliphatic rings. The molecule has 96 valence electrons. The Morgan fingerprint density at radius 2 is 2.05 bits per heavy atom. The van der Waals surface area contributed by atoms with Gasteiger partial charge in [-0.1, -0.05) is 36.4 Å². The standard InChI is InChI=1S/C14H9N5O/c15-8-11-12(7-6-10-4-2-1-3-5-10)17-14-18-16-9-19(14)13(11)20/h1-7,9H,(H,17,18). The summed E-state index contributed by atoms with van der Waals surface area (Å²) in [6.07, 6.45) is 4.75. The van der Waals surface area contributed by atoms with Crippen LogP contribution in [0.5, 0.6) is 0 Å². The molecule has 0 unspecified atom stereocenters. The molecule has 0 radical (unpaired) electrons. The van der Waals surface area contributed by atoms with Crippen molar-refractivity contribution in [3.63, 3.8) is 0 Å². The van der Waals surface area contributed by atoms with E-state index in [1.165, 1.54) is 10.7 Å². The number of benzene rings is 1. The molecule has 1 N–H and O–H groups in total. The maximum Gasteiger partial charge on any atom is 0.278 e. The molecule has 3 aromatic rings. The first-order valence-corrected chi connectivity index (χ1v) is 5.88. The fourth-order valence-electron chi connectivity index (χ4n) is 1.85. The summed E-state index contributed by atoms with van der Waals surface area (Å²) in [5.74, 6) is 0.307. The molecule has 2 aromatic heterocycles. The van der Waals surface area contributed by atoms with Gasteiger partial charge in [0.15, 0.2) is 0 Å². The SMILES string of the molecule is N#Cc1c(C=Cc2ccccc2)nc2[nH]ncn2c1=O. The van der Waals surface area contributed by atoms with Gasteiger partial charge >= 0.3 is 0 Å². The van der Waals surface area contributed by atoms with Gasteiger partial charge in [-0.05, 0) is 11.6 Å². The minimum Gasteiger partial charge on any atom is -0.267 e. The van der Waals surface area contributed by atoms with Gasteiger partial charge in [0.25, 0.3) is 5.56 Å². The van der Waals surface area contributed by atoms with Crippen LogP contribution in [-0.2, 0) is 0 Å². The highest BCUT2D eigenvalue weighted by molar-refractivity contribution is 5.71. The van der Waals surface area contributed by atoms with Crippen LogP contribution in [0.2, 0.25) is 0 Å². The smallest absolute Gasteiger partial charge is 0.267 e. The van der Waals surface area contributed by atoms with Gasteiger partial charge in [-0.2, -0.15) is 10.4 Å². The van der Waals surface area contributed by atoms with Crippen molar-refractivity contribution in [3.05, 3.63) is 63.8 Å². The molecule has 20 heavy (non-hydrogen) atoms. The predicted molar refractivity (Wildman–Crippen MR) is 73.7 cm³/mol. The molecule has 0 atom stereocenters. The molecule has 0 saturated carbocycles. The molecule has 1 aromatic carbocycles. The number of H-pyrrole nitrogens is 1. The number of nitriles is 1. The summed E-state index contributed by atoms with van der Waals surface area (Å²) >= 11 is 0. The maximum atomic E-state index is 12.1. The Labute approximate surface area is 113 Å². The third-order valence-corrected chi connectivity index (χ3v) is 2.83. The zero-order chi connectivity index (χ0) is 13.9. The minimum atomic E-state index is -0.432. The topological polar surface area (TPSA) is 86.8 Å². The molecule has 0 spiro atoms. The van der Waals surface area contributed by atoms with E-state index in [9.17, 15) is 4.79 Å². The molecule has 0 aliphatic carbocycles. The second kappa shape index (κ2) is 4.82. The number of hydrogen-bond donors (Lipinski definition) is 1. The number of nitrogens with one attached hydrogen (secondary N) is 1. The lowest BCUT2D eigenvalue weighted by Crippen LogP contribution is -2.18. The minimum absolute atomic E-state index is 0.00363. The third kappa shape index (κ3) is 1.97. The molecule has 0 aliphatic heterocycles. The van der Waals surface area contributed by atoms with Gasteiger partial charge in [0.2, 0.25) is 5.78 Å². The van der Waals surface area contributed by atoms with Crippen LogP contribution in [0.3, 0.4) is 0 Å². The Balaban J connectivity index is 2.14. The van der Waals surface area contributed by atoms with E-state index in [1.807, 2.05) is 36.4 Å². The first-order chi connectivity index (χ1) is 9.79. The number of aromatic nitrogens is 4. The van der Waals surface area contributed by atoms with E-state index in [0.29, 0.717) is 11.5 Å². The highest BCUT2D eigenvalue weighted by atomic mass is 16.1. The molecule has 0 bridgehead atoms. The predicted octanol–water partition coefficient (Wildman–Crippen LogP) is 1.46. The molecule has 0 saturated heterocycles. The van der Waals surface area contributed by atoms with E-state index in [1.54, 1.807) is 12.2 Å². The number of nitrogens with zero attached hydrogens (tertiary/aromatic N) is 4. The van der Waals surface area contributed by atoms with Crippen molar-refractivity contribution in [2.75, 3.05) is 0 Å². The van der Waals surface area contributed by atoms with E-state index >= 15 is 0 Å². The van der Waals surface area contributed by atoms with E-state index < -0.39 is 5.56 Å². The molecular weight excluding hydrogens is 254 g/mol. The summed E-state index contributed by atoms with van der Waals surface area (Å²) in [4.78, 5) is 16.3. The molecule has 3 rings (SSSR count). The fourth-order valence-corrected chi connectivity index (χ4v) is 1.85. The van der Waals surface area contributed by atoms with Gasteiger partial charge in [0, 0.05) is 0 Å². The van der Waals surface area contributed by atoms with Crippen LogP contribution in [0.25, 0.3) is 17.9 Å². The maximum absolute atomic E-state index is 12.1. The van der Waals surface area contributed by atoms with Crippen LogP contribution < -0.4 is 5.56 Å². The summed E-state index contributed by atoms with van der Waals surface area (Å²) in [6, 6.07) is 11.5. The molecule has 6 nitrogen and oxygen atoms in total. The zero-order valence-corrected chi connectivity index (χ0v) is 10.3. The van der Waals surface area contributed by atoms with Crippen LogP contribution in [-0.4, -0.2) is 19.6 Å². The second-order valence-electron chi connectivity index (χ2n) is 4.08. The van der Waals surface area contributed by atoms with Crippen molar-refractivity contribution in [1.82, 2.24) is 19.6 Å². The average Bonchev–Trinajstić information content (AvgIpc) is 2.95. The third-order valence-electron chi connectivity index (χ3n) is 2.83. The van der Waals surface area contributed by atoms with E-state index in [-0.39, 0.29) is 5.56 Å². The van der Waals surface area contributed by atoms with E-state index in [4.69, 9.17) is 5.26 Å². The lowest BCUT2D eigenvalue weighted by atomic mass is 10.1. The first kappa shape index (κ1) is 11.9. The number of hydrogen-bond acceptors (Lipinski definition) is 4. The Morgan fingerprint density at radius 3 is 2.80 bits per heavy atom. The Bertz CT molecular complexity index is 883. The normalized spacial score (nSPS) is 10.9. The van der Waals surface area contributed by atoms with Crippen molar-refractivity contribution in [2.24, 2.45) is 0 Å². The Morgan fingerprint density at radius 1 is 1.25 bits per heavy atom. The van der Waals surface area contributed by atoms with Gasteiger partial charge in [0.1, 0.15) is 18.0 Å². The quantitative estimate of drug-likeness (QED) is 0.758. The van der Waals surface area contributed by atoms with Crippen LogP contribution in [0.4, 0.5) is 0 Å². The molecule has 6 heteroatoms. The van der Waals surface area contributed by atoms with Crippen LogP contribution in [0.15, 0.2) is 41.5 Å². The Hall–Kier alpha value is -3.20. The lowest BCUT2D eigenvalue weighted by molar-refractivity contribution is 1.03. The first-order valence-electron chi connectivity index (χ1n) is 5.88. The van der Waals surface area contributed by atoms with Crippen LogP contribution >= 0.6 is 0 Å². The van der Waals surface area contributed by atoms with E-state index in [2.05, 4.69) is 15.2 Å². The Kier molecular flexibility index (Phi) is 2.86. The van der Waals surface area contributed by atoms with Crippen molar-refractivity contribution in [3.8, 4) is 6.07 Å². The zero-order valence-electron chi connectivity index (χ0n) is 10.3. The van der Waals surface area contributed by atoms with Crippen LogP contribution in [0, 0.1) is 11.3 Å². The molecule has 0 amide bonds. The number of rotatable bonds is 2. The average molecular weight is 263 g/mol. The summed E-state index contributed by atoms with van der Waals surface area (Å²) in [5, 5.41) is 15.5. The van der Waals surface area contributed by atoms with Gasteiger partial charge < -0.3 is 0 Å². The second-order valence-corrected chi connectivity index (χ2v) is 4.08. The van der Waals surface area contributed by atoms with Gasteiger partial charge in [-0.25, -0.2) is 14.5 Å². The summed E-state index contributed by atoms with van der Waals surface area (Å²) in [7, 11) is 0. The summed E-state index contributed by atoms with van der Waals surface area (Å²) < 4.78 is 1.21. The van der Waals surface area contributed by atoms with Crippen molar-refractivity contribution < 1.29 is 0 Å². The van der Waals surface area contributed by atoms with E-state index in [0.717, 1.165) is 5.56 Å². The molecule has 0 fully saturated rings. The summed E-state index contributed by atoms with van der Waals surface area (Å²) in [6.45, 7) is 0. The monoisotopic (exact) mass is 263 g/mol. The number of fused-ring (bicyclic) bond motifs is 1.